The summed E-state index contributed by atoms with van der Waals surface area (Å²) in [6.07, 6.45) is 0.201. The van der Waals surface area contributed by atoms with Crippen molar-refractivity contribution in [2.24, 2.45) is 0 Å². The fraction of sp³-hybridized carbons (Fsp3) is 0.150. The molecule has 2 amide bonds. The first-order valence-electron chi connectivity index (χ1n) is 8.34. The highest BCUT2D eigenvalue weighted by Gasteiger charge is 2.10. The molecule has 0 saturated heterocycles. The molecule has 2 aromatic carbocycles. The Balaban J connectivity index is 1.61. The second-order valence-corrected chi connectivity index (χ2v) is 7.22. The van der Waals surface area contributed by atoms with Crippen LogP contribution < -0.4 is 10.6 Å². The van der Waals surface area contributed by atoms with Gasteiger partial charge in [-0.2, -0.15) is 0 Å². The summed E-state index contributed by atoms with van der Waals surface area (Å²) in [4.78, 5) is 27.9. The quantitative estimate of drug-likeness (QED) is 0.649. The molecule has 138 valence electrons. The zero-order chi connectivity index (χ0) is 19.2. The van der Waals surface area contributed by atoms with Gasteiger partial charge in [0.15, 0.2) is 0 Å². The Hall–Kier alpha value is -2.70. The zero-order valence-electron chi connectivity index (χ0n) is 14.7. The minimum Gasteiger partial charge on any atom is -0.352 e. The van der Waals surface area contributed by atoms with Crippen LogP contribution in [0.15, 0.2) is 53.9 Å². The van der Waals surface area contributed by atoms with Crippen LogP contribution in [0.25, 0.3) is 10.6 Å². The number of nitrogens with one attached hydrogen (secondary N) is 2. The van der Waals surface area contributed by atoms with Crippen molar-refractivity contribution in [3.05, 3.63) is 70.2 Å². The maximum Gasteiger partial charge on any atom is 0.226 e. The second kappa shape index (κ2) is 8.79. The standard InChI is InChI=1S/C20H18ClN3O2S/c1-13(25)23-16-7-4-6-14(9-16)20-24-17(12-27-20)10-19(26)22-11-15-5-2-3-8-18(15)21/h2-9,12H,10-11H2,1H3,(H,22,26)(H,23,25). The predicted octanol–water partition coefficient (Wildman–Crippen LogP) is 4.28. The first kappa shape index (κ1) is 19.1. The SMILES string of the molecule is CC(=O)Nc1cccc(-c2nc(CC(=O)NCc3ccccc3Cl)cs2)c1. The molecule has 0 atom stereocenters. The van der Waals surface area contributed by atoms with Gasteiger partial charge in [0.25, 0.3) is 0 Å². The van der Waals surface area contributed by atoms with Gasteiger partial charge in [0.1, 0.15) is 5.01 Å². The van der Waals surface area contributed by atoms with Gasteiger partial charge in [0.2, 0.25) is 11.8 Å². The van der Waals surface area contributed by atoms with Crippen molar-refractivity contribution in [3.63, 3.8) is 0 Å². The zero-order valence-corrected chi connectivity index (χ0v) is 16.2. The molecule has 0 aliphatic carbocycles. The van der Waals surface area contributed by atoms with Crippen LogP contribution in [0.5, 0.6) is 0 Å². The third-order valence-electron chi connectivity index (χ3n) is 3.76. The molecule has 1 aromatic heterocycles. The van der Waals surface area contributed by atoms with Crippen molar-refractivity contribution < 1.29 is 9.59 Å². The van der Waals surface area contributed by atoms with E-state index in [2.05, 4.69) is 15.6 Å². The Morgan fingerprint density at radius 3 is 2.74 bits per heavy atom. The molecule has 3 rings (SSSR count). The van der Waals surface area contributed by atoms with E-state index in [0.717, 1.165) is 16.1 Å². The topological polar surface area (TPSA) is 71.1 Å². The Bertz CT molecular complexity index is 971. The van der Waals surface area contributed by atoms with Gasteiger partial charge in [0.05, 0.1) is 12.1 Å². The highest BCUT2D eigenvalue weighted by molar-refractivity contribution is 7.13. The summed E-state index contributed by atoms with van der Waals surface area (Å²) >= 11 is 7.56. The number of hydrogen-bond acceptors (Lipinski definition) is 4. The first-order valence-corrected chi connectivity index (χ1v) is 9.59. The molecule has 27 heavy (non-hydrogen) atoms. The van der Waals surface area contributed by atoms with E-state index in [1.165, 1.54) is 18.3 Å². The van der Waals surface area contributed by atoms with E-state index in [4.69, 9.17) is 11.6 Å². The molecule has 0 radical (unpaired) electrons. The second-order valence-electron chi connectivity index (χ2n) is 5.95. The van der Waals surface area contributed by atoms with Gasteiger partial charge in [-0.1, -0.05) is 41.9 Å². The molecule has 0 spiro atoms. The summed E-state index contributed by atoms with van der Waals surface area (Å²) in [5.74, 6) is -0.235. The maximum absolute atomic E-state index is 12.2. The lowest BCUT2D eigenvalue weighted by atomic mass is 10.2. The highest BCUT2D eigenvalue weighted by Crippen LogP contribution is 2.26. The lowest BCUT2D eigenvalue weighted by molar-refractivity contribution is -0.120. The molecule has 5 nitrogen and oxygen atoms in total. The van der Waals surface area contributed by atoms with Gasteiger partial charge in [0, 0.05) is 35.1 Å². The highest BCUT2D eigenvalue weighted by atomic mass is 35.5. The average Bonchev–Trinajstić information content (AvgIpc) is 3.09. The summed E-state index contributed by atoms with van der Waals surface area (Å²) in [5, 5.41) is 8.92. The Morgan fingerprint density at radius 2 is 1.96 bits per heavy atom. The number of thiazole rings is 1. The largest absolute Gasteiger partial charge is 0.352 e. The monoisotopic (exact) mass is 399 g/mol. The first-order chi connectivity index (χ1) is 13.0. The lowest BCUT2D eigenvalue weighted by Crippen LogP contribution is -2.24. The smallest absolute Gasteiger partial charge is 0.226 e. The molecule has 0 bridgehead atoms. The van der Waals surface area contributed by atoms with Crippen LogP contribution in [-0.2, 0) is 22.6 Å². The summed E-state index contributed by atoms with van der Waals surface area (Å²) in [6.45, 7) is 1.85. The van der Waals surface area contributed by atoms with Crippen LogP contribution in [0.2, 0.25) is 5.02 Å². The fourth-order valence-corrected chi connectivity index (χ4v) is 3.54. The van der Waals surface area contributed by atoms with Crippen LogP contribution in [0, 0.1) is 0 Å². The number of aromatic nitrogens is 1. The van der Waals surface area contributed by atoms with Gasteiger partial charge < -0.3 is 10.6 Å². The van der Waals surface area contributed by atoms with Crippen LogP contribution >= 0.6 is 22.9 Å². The van der Waals surface area contributed by atoms with Crippen molar-refractivity contribution in [1.82, 2.24) is 10.3 Å². The molecule has 1 heterocycles. The van der Waals surface area contributed by atoms with Crippen LogP contribution in [0.1, 0.15) is 18.2 Å². The number of anilines is 1. The molecule has 7 heteroatoms. The van der Waals surface area contributed by atoms with Crippen molar-refractivity contribution in [3.8, 4) is 10.6 Å². The number of carbonyl (C=O) groups is 2. The summed E-state index contributed by atoms with van der Waals surface area (Å²) in [5.41, 5.74) is 3.20. The van der Waals surface area contributed by atoms with Crippen LogP contribution in [0.3, 0.4) is 0 Å². The van der Waals surface area contributed by atoms with E-state index in [0.29, 0.717) is 22.9 Å². The summed E-state index contributed by atoms with van der Waals surface area (Å²) in [6, 6.07) is 14.9. The number of nitrogens with zero attached hydrogens (tertiary/aromatic N) is 1. The third kappa shape index (κ3) is 5.39. The van der Waals surface area contributed by atoms with Crippen molar-refractivity contribution in [1.29, 1.82) is 0 Å². The van der Waals surface area contributed by atoms with Crippen LogP contribution in [0.4, 0.5) is 5.69 Å². The Labute approximate surface area is 166 Å². The third-order valence-corrected chi connectivity index (χ3v) is 5.07. The summed E-state index contributed by atoms with van der Waals surface area (Å²) < 4.78 is 0. The van der Waals surface area contributed by atoms with E-state index < -0.39 is 0 Å². The molecule has 0 aliphatic heterocycles. The predicted molar refractivity (Wildman–Crippen MR) is 109 cm³/mol. The van der Waals surface area contributed by atoms with Crippen molar-refractivity contribution in [2.45, 2.75) is 19.9 Å². The minimum absolute atomic E-state index is 0.112. The van der Waals surface area contributed by atoms with Gasteiger partial charge in [-0.05, 0) is 23.8 Å². The molecule has 0 aliphatic rings. The van der Waals surface area contributed by atoms with Gasteiger partial charge in [-0.3, -0.25) is 9.59 Å². The van der Waals surface area contributed by atoms with E-state index in [9.17, 15) is 9.59 Å². The number of carbonyl (C=O) groups excluding carboxylic acids is 2. The fourth-order valence-electron chi connectivity index (χ4n) is 2.52. The number of halogens is 1. The van der Waals surface area contributed by atoms with E-state index in [-0.39, 0.29) is 18.2 Å². The van der Waals surface area contributed by atoms with E-state index in [1.807, 2.05) is 47.8 Å². The van der Waals surface area contributed by atoms with Gasteiger partial charge in [-0.15, -0.1) is 11.3 Å². The van der Waals surface area contributed by atoms with E-state index in [1.54, 1.807) is 6.07 Å². The molecule has 0 fully saturated rings. The molecule has 3 aromatic rings. The molecular weight excluding hydrogens is 382 g/mol. The Kier molecular flexibility index (Phi) is 6.21. The maximum atomic E-state index is 12.2. The number of hydrogen-bond donors (Lipinski definition) is 2. The minimum atomic E-state index is -0.123. The van der Waals surface area contributed by atoms with Crippen LogP contribution in [-0.4, -0.2) is 16.8 Å². The Morgan fingerprint density at radius 1 is 1.15 bits per heavy atom. The van der Waals surface area contributed by atoms with E-state index >= 15 is 0 Å². The van der Waals surface area contributed by atoms with Gasteiger partial charge in [-0.25, -0.2) is 4.98 Å². The van der Waals surface area contributed by atoms with Crippen molar-refractivity contribution >= 4 is 40.4 Å². The average molecular weight is 400 g/mol. The van der Waals surface area contributed by atoms with Crippen molar-refractivity contribution in [2.75, 3.05) is 5.32 Å². The molecule has 0 saturated carbocycles. The number of amides is 2. The molecular formula is C20H18ClN3O2S. The normalized spacial score (nSPS) is 10.4. The van der Waals surface area contributed by atoms with Gasteiger partial charge >= 0.3 is 0 Å². The summed E-state index contributed by atoms with van der Waals surface area (Å²) in [7, 11) is 0. The number of rotatable bonds is 6. The lowest BCUT2D eigenvalue weighted by Gasteiger charge is -2.06. The number of benzene rings is 2. The molecule has 2 N–H and O–H groups in total. The molecule has 0 unspecified atom stereocenters.